The Morgan fingerprint density at radius 2 is 2.00 bits per heavy atom. The van der Waals surface area contributed by atoms with E-state index < -0.39 is 5.97 Å². The predicted octanol–water partition coefficient (Wildman–Crippen LogP) is 0.827. The van der Waals surface area contributed by atoms with Crippen LogP contribution in [0.1, 0.15) is 39.5 Å². The summed E-state index contributed by atoms with van der Waals surface area (Å²) in [6.45, 7) is 4.80. The first-order chi connectivity index (χ1) is 7.93. The first-order valence-corrected chi connectivity index (χ1v) is 6.16. The molecule has 0 aromatic carbocycles. The van der Waals surface area contributed by atoms with E-state index in [0.29, 0.717) is 19.5 Å². The summed E-state index contributed by atoms with van der Waals surface area (Å²) in [6, 6.07) is 0.0975. The van der Waals surface area contributed by atoms with Crippen molar-refractivity contribution in [2.45, 2.75) is 45.6 Å². The van der Waals surface area contributed by atoms with Gasteiger partial charge >= 0.3 is 5.97 Å². The molecule has 0 bridgehead atoms. The normalized spacial score (nSPS) is 16.9. The van der Waals surface area contributed by atoms with Crippen molar-refractivity contribution in [1.29, 1.82) is 0 Å². The van der Waals surface area contributed by atoms with Gasteiger partial charge in [-0.1, -0.05) is 0 Å². The van der Waals surface area contributed by atoms with Crippen molar-refractivity contribution in [2.24, 2.45) is 11.1 Å². The first-order valence-electron chi connectivity index (χ1n) is 6.16. The number of carbonyl (C=O) groups is 2. The van der Waals surface area contributed by atoms with Crippen LogP contribution in [0.5, 0.6) is 0 Å². The van der Waals surface area contributed by atoms with Crippen LogP contribution in [0.3, 0.4) is 0 Å². The second-order valence-electron chi connectivity index (χ2n) is 5.07. The Labute approximate surface area is 102 Å². The molecule has 1 saturated carbocycles. The molecule has 0 aromatic rings. The van der Waals surface area contributed by atoms with Crippen molar-refractivity contribution >= 4 is 11.9 Å². The third-order valence-electron chi connectivity index (χ3n) is 3.37. The summed E-state index contributed by atoms with van der Waals surface area (Å²) >= 11 is 0. The molecule has 0 heterocycles. The van der Waals surface area contributed by atoms with E-state index in [1.807, 2.05) is 13.8 Å². The summed E-state index contributed by atoms with van der Waals surface area (Å²) in [5.41, 5.74) is 5.30. The highest BCUT2D eigenvalue weighted by Crippen LogP contribution is 2.46. The molecule has 0 spiro atoms. The Morgan fingerprint density at radius 1 is 1.41 bits per heavy atom. The predicted molar refractivity (Wildman–Crippen MR) is 64.4 cm³/mol. The van der Waals surface area contributed by atoms with Crippen molar-refractivity contribution < 1.29 is 14.7 Å². The van der Waals surface area contributed by atoms with Crippen molar-refractivity contribution in [3.05, 3.63) is 0 Å². The van der Waals surface area contributed by atoms with Crippen LogP contribution >= 0.6 is 0 Å². The smallest absolute Gasteiger partial charge is 0.303 e. The lowest BCUT2D eigenvalue weighted by Crippen LogP contribution is -2.44. The highest BCUT2D eigenvalue weighted by atomic mass is 16.4. The topological polar surface area (TPSA) is 83.6 Å². The van der Waals surface area contributed by atoms with E-state index in [4.69, 9.17) is 10.8 Å². The van der Waals surface area contributed by atoms with Gasteiger partial charge in [0, 0.05) is 25.6 Å². The monoisotopic (exact) mass is 242 g/mol. The number of nitrogens with two attached hydrogens (primary N) is 1. The van der Waals surface area contributed by atoms with Crippen LogP contribution in [-0.2, 0) is 9.59 Å². The van der Waals surface area contributed by atoms with Gasteiger partial charge in [-0.05, 0) is 33.1 Å². The van der Waals surface area contributed by atoms with Crippen molar-refractivity contribution in [3.63, 3.8) is 0 Å². The minimum atomic E-state index is -0.818. The van der Waals surface area contributed by atoms with Gasteiger partial charge in [0.1, 0.15) is 0 Å². The van der Waals surface area contributed by atoms with Crippen LogP contribution in [0.25, 0.3) is 0 Å². The van der Waals surface area contributed by atoms with E-state index >= 15 is 0 Å². The van der Waals surface area contributed by atoms with Crippen LogP contribution in [-0.4, -0.2) is 41.0 Å². The van der Waals surface area contributed by atoms with Gasteiger partial charge in [0.25, 0.3) is 0 Å². The third-order valence-corrected chi connectivity index (χ3v) is 3.37. The van der Waals surface area contributed by atoms with Gasteiger partial charge in [-0.3, -0.25) is 9.59 Å². The van der Waals surface area contributed by atoms with E-state index in [-0.39, 0.29) is 23.8 Å². The summed E-state index contributed by atoms with van der Waals surface area (Å²) in [5, 5.41) is 8.60. The Hall–Kier alpha value is -1.10. The number of carboxylic acids is 1. The Balaban J connectivity index is 2.54. The van der Waals surface area contributed by atoms with Crippen LogP contribution in [0.2, 0.25) is 0 Å². The molecule has 0 aliphatic heterocycles. The van der Waals surface area contributed by atoms with Crippen LogP contribution in [0.15, 0.2) is 0 Å². The molecule has 1 amide bonds. The summed E-state index contributed by atoms with van der Waals surface area (Å²) in [7, 11) is 0. The maximum atomic E-state index is 12.3. The average molecular weight is 242 g/mol. The second kappa shape index (κ2) is 5.49. The lowest BCUT2D eigenvalue weighted by molar-refractivity contribution is -0.140. The number of carboxylic acid groups (broad SMARTS) is 1. The molecule has 1 aliphatic rings. The molecule has 98 valence electrons. The number of rotatable bonds is 7. The molecule has 0 radical (unpaired) electrons. The zero-order chi connectivity index (χ0) is 13.1. The summed E-state index contributed by atoms with van der Waals surface area (Å²) < 4.78 is 0. The second-order valence-corrected chi connectivity index (χ2v) is 5.07. The van der Waals surface area contributed by atoms with E-state index in [0.717, 1.165) is 12.8 Å². The molecule has 5 heteroatoms. The number of carbonyl (C=O) groups excluding carboxylic acids is 1. The number of amides is 1. The molecule has 1 fully saturated rings. The van der Waals surface area contributed by atoms with Gasteiger partial charge in [-0.2, -0.15) is 0 Å². The largest absolute Gasteiger partial charge is 0.481 e. The minimum absolute atomic E-state index is 0.0975. The molecule has 1 rings (SSSR count). The van der Waals surface area contributed by atoms with E-state index in [9.17, 15) is 9.59 Å². The van der Waals surface area contributed by atoms with Gasteiger partial charge in [-0.15, -0.1) is 0 Å². The molecule has 5 nitrogen and oxygen atoms in total. The van der Waals surface area contributed by atoms with Crippen molar-refractivity contribution in [1.82, 2.24) is 4.90 Å². The van der Waals surface area contributed by atoms with E-state index in [1.54, 1.807) is 4.90 Å². The number of hydrogen-bond acceptors (Lipinski definition) is 3. The average Bonchev–Trinajstić information content (AvgIpc) is 3.03. The number of aliphatic carboxylic acids is 1. The molecule has 0 aromatic heterocycles. The fourth-order valence-electron chi connectivity index (χ4n) is 1.96. The Kier molecular flexibility index (Phi) is 4.51. The van der Waals surface area contributed by atoms with Gasteiger partial charge in [0.2, 0.25) is 5.91 Å². The van der Waals surface area contributed by atoms with E-state index in [2.05, 4.69) is 0 Å². The molecule has 17 heavy (non-hydrogen) atoms. The quantitative estimate of drug-likeness (QED) is 0.692. The lowest BCUT2D eigenvalue weighted by Gasteiger charge is -2.30. The number of hydrogen-bond donors (Lipinski definition) is 2. The van der Waals surface area contributed by atoms with Gasteiger partial charge in [0.15, 0.2) is 0 Å². The maximum Gasteiger partial charge on any atom is 0.303 e. The zero-order valence-corrected chi connectivity index (χ0v) is 10.6. The minimum Gasteiger partial charge on any atom is -0.481 e. The fourth-order valence-corrected chi connectivity index (χ4v) is 1.96. The highest BCUT2D eigenvalue weighted by molar-refractivity contribution is 5.86. The van der Waals surface area contributed by atoms with Crippen LogP contribution < -0.4 is 5.73 Å². The molecule has 0 atom stereocenters. The molecular formula is C12H22N2O3. The standard InChI is InChI=1S/C12H22N2O3/c1-9(2)14(7-3-4-10(15)16)11(17)12(8-13)5-6-12/h9H,3-8,13H2,1-2H3,(H,15,16). The first kappa shape index (κ1) is 14.0. The molecule has 1 aliphatic carbocycles. The molecule has 0 saturated heterocycles. The van der Waals surface area contributed by atoms with Gasteiger partial charge in [0.05, 0.1) is 5.41 Å². The Morgan fingerprint density at radius 3 is 2.35 bits per heavy atom. The maximum absolute atomic E-state index is 12.3. The molecular weight excluding hydrogens is 220 g/mol. The lowest BCUT2D eigenvalue weighted by atomic mass is 10.0. The molecule has 3 N–H and O–H groups in total. The van der Waals surface area contributed by atoms with Crippen LogP contribution in [0, 0.1) is 5.41 Å². The van der Waals surface area contributed by atoms with E-state index in [1.165, 1.54) is 0 Å². The molecule has 0 unspecified atom stereocenters. The third kappa shape index (κ3) is 3.43. The zero-order valence-electron chi connectivity index (χ0n) is 10.6. The SMILES string of the molecule is CC(C)N(CCCC(=O)O)C(=O)C1(CN)CC1. The summed E-state index contributed by atoms with van der Waals surface area (Å²) in [4.78, 5) is 24.5. The van der Waals surface area contributed by atoms with Crippen LogP contribution in [0.4, 0.5) is 0 Å². The Bertz CT molecular complexity index is 298. The summed E-state index contributed by atoms with van der Waals surface area (Å²) in [6.07, 6.45) is 2.33. The van der Waals surface area contributed by atoms with Crippen molar-refractivity contribution in [3.8, 4) is 0 Å². The number of nitrogens with zero attached hydrogens (tertiary/aromatic N) is 1. The summed E-state index contributed by atoms with van der Waals surface area (Å²) in [5.74, 6) is -0.721. The van der Waals surface area contributed by atoms with Gasteiger partial charge in [-0.25, -0.2) is 0 Å². The van der Waals surface area contributed by atoms with Crippen molar-refractivity contribution in [2.75, 3.05) is 13.1 Å². The fraction of sp³-hybridized carbons (Fsp3) is 0.833. The van der Waals surface area contributed by atoms with Gasteiger partial charge < -0.3 is 15.7 Å². The highest BCUT2D eigenvalue weighted by Gasteiger charge is 2.50.